The van der Waals surface area contributed by atoms with E-state index in [1.807, 2.05) is 18.2 Å². The zero-order valence-electron chi connectivity index (χ0n) is 34.0. The molecule has 2 aliphatic carbocycles. The summed E-state index contributed by atoms with van der Waals surface area (Å²) in [6.07, 6.45) is 9.21. The van der Waals surface area contributed by atoms with E-state index in [1.54, 1.807) is 24.3 Å². The van der Waals surface area contributed by atoms with Crippen molar-refractivity contribution in [2.75, 3.05) is 65.3 Å². The Hall–Kier alpha value is -4.51. The van der Waals surface area contributed by atoms with Crippen LogP contribution in [0, 0.1) is 27.9 Å². The molecule has 0 saturated heterocycles. The molecule has 0 radical (unpaired) electrons. The molecule has 328 valence electrons. The van der Waals surface area contributed by atoms with Gasteiger partial charge in [-0.15, -0.1) is 18.2 Å². The zero-order chi connectivity index (χ0) is 42.9. The maximum atomic E-state index is 14.2. The van der Waals surface area contributed by atoms with Gasteiger partial charge in [-0.3, -0.25) is 15.0 Å². The fourth-order valence-corrected chi connectivity index (χ4v) is 8.78. The molecular formula is C44H58ClN3O12. The Morgan fingerprint density at radius 3 is 2.43 bits per heavy atom. The van der Waals surface area contributed by atoms with Gasteiger partial charge in [-0.05, 0) is 79.0 Å². The minimum atomic E-state index is -1.54. The fraction of sp³-hybridized carbons (Fsp3) is 0.545. The second-order valence-electron chi connectivity index (χ2n) is 14.9. The highest BCUT2D eigenvalue weighted by atomic mass is 35.5. The van der Waals surface area contributed by atoms with Gasteiger partial charge < -0.3 is 43.8 Å². The maximum Gasteiger partial charge on any atom is 0.410 e. The lowest BCUT2D eigenvalue weighted by Crippen LogP contribution is -2.70. The van der Waals surface area contributed by atoms with E-state index < -0.39 is 28.8 Å². The van der Waals surface area contributed by atoms with E-state index in [0.29, 0.717) is 35.6 Å². The normalized spacial score (nSPS) is 23.4. The van der Waals surface area contributed by atoms with E-state index in [-0.39, 0.29) is 102 Å². The first-order valence-electron chi connectivity index (χ1n) is 20.6. The molecule has 16 heteroatoms. The van der Waals surface area contributed by atoms with Crippen molar-refractivity contribution in [3.05, 3.63) is 101 Å². The predicted octanol–water partition coefficient (Wildman–Crippen LogP) is 6.68. The van der Waals surface area contributed by atoms with Crippen LogP contribution < -0.4 is 9.47 Å². The van der Waals surface area contributed by atoms with E-state index in [2.05, 4.69) is 19.2 Å². The van der Waals surface area contributed by atoms with E-state index >= 15 is 0 Å². The number of nitrogens with zero attached hydrogens (tertiary/aromatic N) is 3. The number of ether oxygens (including phenoxy) is 5. The smallest absolute Gasteiger partial charge is 0.410 e. The Bertz CT molecular complexity index is 1790. The van der Waals surface area contributed by atoms with Crippen LogP contribution in [0.15, 0.2) is 84.6 Å². The van der Waals surface area contributed by atoms with Gasteiger partial charge in [0.1, 0.15) is 37.4 Å². The van der Waals surface area contributed by atoms with Gasteiger partial charge in [0, 0.05) is 49.8 Å². The van der Waals surface area contributed by atoms with Crippen LogP contribution in [-0.4, -0.2) is 114 Å². The molecule has 1 saturated carbocycles. The highest BCUT2D eigenvalue weighted by molar-refractivity contribution is 6.18. The zero-order valence-corrected chi connectivity index (χ0v) is 34.8. The number of oxime groups is 1. The highest BCUT2D eigenvalue weighted by Crippen LogP contribution is 2.62. The molecule has 3 N–H and O–H groups in total. The summed E-state index contributed by atoms with van der Waals surface area (Å²) in [5, 5.41) is 45.3. The monoisotopic (exact) mass is 855 g/mol. The third-order valence-electron chi connectivity index (χ3n) is 11.2. The minimum absolute atomic E-state index is 0.000361. The van der Waals surface area contributed by atoms with Gasteiger partial charge in [-0.1, -0.05) is 42.8 Å². The van der Waals surface area contributed by atoms with Crippen molar-refractivity contribution in [3.63, 3.8) is 0 Å². The number of unbranched alkanes of at least 4 members (excludes halogenated alkanes) is 2. The number of hydrogen-bond donors (Lipinski definition) is 3. The summed E-state index contributed by atoms with van der Waals surface area (Å²) in [7, 11) is 0. The van der Waals surface area contributed by atoms with E-state index in [0.717, 1.165) is 36.8 Å². The van der Waals surface area contributed by atoms with Crippen molar-refractivity contribution in [1.29, 1.82) is 0 Å². The first-order chi connectivity index (χ1) is 29.3. The number of amides is 1. The molecule has 2 aromatic rings. The van der Waals surface area contributed by atoms with Crippen molar-refractivity contribution in [1.82, 2.24) is 4.90 Å². The summed E-state index contributed by atoms with van der Waals surface area (Å²) < 4.78 is 31.6. The first-order valence-corrected chi connectivity index (χ1v) is 21.2. The standard InChI is InChI=1S/C44H58ClN3O12/c1-3-22-56-34-15-16-39-37(28-34)41-35(10-6-8-20-50)32(9-5-7-19-49)27-36-38(46-59-30-31-11-13-33(14-12-31)48(53)54)29-40(44(60-39,42(36)41)58-23-4-2)47(18-25-55-26-21-51)43(52)57-24-17-45/h3-4,11-16,27-28,32,35,40-42,49-51H,1-2,5-10,17-26,29-30H2. The number of fused-ring (bicyclic) bond motifs is 2. The number of nitro benzene ring substituents is 1. The minimum Gasteiger partial charge on any atom is -0.490 e. The lowest BCUT2D eigenvalue weighted by atomic mass is 9.55. The summed E-state index contributed by atoms with van der Waals surface area (Å²) in [5.74, 6) is -1.19. The number of halogens is 1. The number of nitro groups is 1. The van der Waals surface area contributed by atoms with Gasteiger partial charge in [0.2, 0.25) is 5.79 Å². The van der Waals surface area contributed by atoms with Crippen molar-refractivity contribution < 1.29 is 53.6 Å². The lowest BCUT2D eigenvalue weighted by molar-refractivity contribution is -0.384. The fourth-order valence-electron chi connectivity index (χ4n) is 8.70. The lowest BCUT2D eigenvalue weighted by Gasteiger charge is -2.59. The van der Waals surface area contributed by atoms with Gasteiger partial charge in [0.15, 0.2) is 0 Å². The van der Waals surface area contributed by atoms with Crippen molar-refractivity contribution in [2.24, 2.45) is 22.9 Å². The molecule has 60 heavy (non-hydrogen) atoms. The van der Waals surface area contributed by atoms with E-state index in [4.69, 9.17) is 45.3 Å². The third-order valence-corrected chi connectivity index (χ3v) is 11.3. The highest BCUT2D eigenvalue weighted by Gasteiger charge is 2.65. The molecule has 6 atom stereocenters. The second-order valence-corrected chi connectivity index (χ2v) is 15.3. The summed E-state index contributed by atoms with van der Waals surface area (Å²) in [6.45, 7) is 8.13. The predicted molar refractivity (Wildman–Crippen MR) is 225 cm³/mol. The maximum absolute atomic E-state index is 14.2. The Balaban J connectivity index is 1.75. The second kappa shape index (κ2) is 23.5. The van der Waals surface area contributed by atoms with Gasteiger partial charge in [-0.2, -0.15) is 0 Å². The molecule has 1 heterocycles. The van der Waals surface area contributed by atoms with Crippen molar-refractivity contribution in [3.8, 4) is 11.5 Å². The molecular weight excluding hydrogens is 798 g/mol. The first kappa shape index (κ1) is 46.6. The molecule has 0 aromatic heterocycles. The molecule has 2 aromatic carbocycles. The summed E-state index contributed by atoms with van der Waals surface area (Å²) in [4.78, 5) is 32.6. The van der Waals surface area contributed by atoms with Crippen LogP contribution in [0.25, 0.3) is 0 Å². The molecule has 1 aliphatic heterocycles. The molecule has 1 fully saturated rings. The number of alkyl halides is 1. The number of rotatable bonds is 26. The molecule has 6 unspecified atom stereocenters. The van der Waals surface area contributed by atoms with Crippen LogP contribution >= 0.6 is 11.6 Å². The van der Waals surface area contributed by atoms with Gasteiger partial charge in [0.05, 0.1) is 48.9 Å². The number of benzene rings is 2. The van der Waals surface area contributed by atoms with Gasteiger partial charge >= 0.3 is 6.09 Å². The third kappa shape index (κ3) is 11.2. The SMILES string of the molecule is C=CCOc1ccc2c(c1)C1C(CCCCO)C(CCCCO)C=C3C(=NOCc4ccc([N+](=O)[O-])cc4)CC(N(CCOCCO)C(=O)OCCCl)C(OCC=C)(O2)C31. The van der Waals surface area contributed by atoms with Crippen LogP contribution in [0.1, 0.15) is 62.0 Å². The van der Waals surface area contributed by atoms with Crippen LogP contribution in [-0.2, 0) is 25.7 Å². The largest absolute Gasteiger partial charge is 0.490 e. The number of carbonyl (C=O) groups is 1. The molecule has 0 bridgehead atoms. The van der Waals surface area contributed by atoms with Gasteiger partial charge in [0.25, 0.3) is 5.69 Å². The van der Waals surface area contributed by atoms with E-state index in [9.17, 15) is 30.2 Å². The number of aliphatic hydroxyl groups excluding tert-OH is 3. The van der Waals surface area contributed by atoms with Crippen molar-refractivity contribution >= 4 is 29.1 Å². The molecule has 3 aliphatic rings. The van der Waals surface area contributed by atoms with Crippen LogP contribution in [0.5, 0.6) is 11.5 Å². The number of hydrogen-bond acceptors (Lipinski definition) is 13. The molecule has 1 amide bonds. The summed E-state index contributed by atoms with van der Waals surface area (Å²) >= 11 is 6.01. The molecule has 5 rings (SSSR count). The number of non-ortho nitro benzene ring substituents is 1. The topological polar surface area (TPSA) is 192 Å². The molecule has 0 spiro atoms. The Morgan fingerprint density at radius 1 is 1.00 bits per heavy atom. The van der Waals surface area contributed by atoms with Crippen LogP contribution in [0.4, 0.5) is 10.5 Å². The van der Waals surface area contributed by atoms with Crippen LogP contribution in [0.2, 0.25) is 0 Å². The number of carbonyl (C=O) groups excluding carboxylic acids is 1. The number of allylic oxidation sites excluding steroid dienone is 1. The summed E-state index contributed by atoms with van der Waals surface area (Å²) in [5.41, 5.74) is 2.88. The van der Waals surface area contributed by atoms with E-state index in [1.165, 1.54) is 17.0 Å². The summed E-state index contributed by atoms with van der Waals surface area (Å²) in [6, 6.07) is 10.8. The average molecular weight is 856 g/mol. The van der Waals surface area contributed by atoms with Gasteiger partial charge in [-0.25, -0.2) is 4.79 Å². The van der Waals surface area contributed by atoms with Crippen LogP contribution in [0.3, 0.4) is 0 Å². The quantitative estimate of drug-likeness (QED) is 0.0300. The number of aliphatic hydroxyl groups is 3. The van der Waals surface area contributed by atoms with Crippen molar-refractivity contribution in [2.45, 2.75) is 69.3 Å². The Labute approximate surface area is 356 Å². The Morgan fingerprint density at radius 2 is 1.75 bits per heavy atom. The average Bonchev–Trinajstić information content (AvgIpc) is 3.25. The molecule has 15 nitrogen and oxygen atoms in total. The Kier molecular flexibility index (Phi) is 18.2.